The number of carbonyl (C=O) groups is 2. The second-order valence-electron chi connectivity index (χ2n) is 5.68. The molecule has 3 N–H and O–H groups in total. The molecule has 0 bridgehead atoms. The molecule has 2 aromatic carbocycles. The fourth-order valence-electron chi connectivity index (χ4n) is 2.42. The van der Waals surface area contributed by atoms with E-state index >= 15 is 0 Å². The second kappa shape index (κ2) is 9.20. The van der Waals surface area contributed by atoms with Crippen LogP contribution in [-0.4, -0.2) is 25.4 Å². The summed E-state index contributed by atoms with van der Waals surface area (Å²) in [7, 11) is 1.55. The van der Waals surface area contributed by atoms with Crippen LogP contribution in [0.1, 0.15) is 30.1 Å². The molecule has 2 amide bonds. The summed E-state index contributed by atoms with van der Waals surface area (Å²) in [5, 5.41) is 9.16. The first-order valence-corrected chi connectivity index (χ1v) is 8.44. The van der Waals surface area contributed by atoms with Crippen LogP contribution >= 0.6 is 11.6 Å². The number of nitrogens with one attached hydrogen (secondary N) is 3. The van der Waals surface area contributed by atoms with Crippen molar-refractivity contribution in [2.45, 2.75) is 19.0 Å². The Morgan fingerprint density at radius 1 is 1.00 bits per heavy atom. The third-order valence-corrected chi connectivity index (χ3v) is 4.14. The smallest absolute Gasteiger partial charge is 0.246 e. The lowest BCUT2D eigenvalue weighted by molar-refractivity contribution is -0.128. The minimum absolute atomic E-state index is 0.0156. The monoisotopic (exact) mass is 359 g/mol. The van der Waals surface area contributed by atoms with Crippen LogP contribution in [0.4, 0.5) is 0 Å². The average molecular weight is 360 g/mol. The maximum atomic E-state index is 12.3. The zero-order chi connectivity index (χ0) is 18.2. The van der Waals surface area contributed by atoms with E-state index in [-0.39, 0.29) is 24.4 Å². The van der Waals surface area contributed by atoms with Crippen LogP contribution < -0.4 is 16.0 Å². The number of carbonyl (C=O) groups excluding carboxylic acids is 2. The van der Waals surface area contributed by atoms with Gasteiger partial charge in [-0.2, -0.15) is 0 Å². The molecule has 0 heterocycles. The first-order valence-electron chi connectivity index (χ1n) is 8.06. The van der Waals surface area contributed by atoms with Crippen molar-refractivity contribution in [3.8, 4) is 0 Å². The van der Waals surface area contributed by atoms with Gasteiger partial charge in [-0.05, 0) is 30.2 Å². The molecule has 5 nitrogen and oxygen atoms in total. The minimum atomic E-state index is -0.716. The molecule has 6 heteroatoms. The van der Waals surface area contributed by atoms with Gasteiger partial charge in [-0.1, -0.05) is 54.1 Å². The minimum Gasteiger partial charge on any atom is -0.357 e. The first kappa shape index (κ1) is 19.0. The lowest BCUT2D eigenvalue weighted by Crippen LogP contribution is -2.42. The number of benzene rings is 2. The van der Waals surface area contributed by atoms with Gasteiger partial charge in [0.2, 0.25) is 11.8 Å². The van der Waals surface area contributed by atoms with Gasteiger partial charge in [0.1, 0.15) is 6.04 Å². The average Bonchev–Trinajstić information content (AvgIpc) is 2.64. The predicted octanol–water partition coefficient (Wildman–Crippen LogP) is 2.59. The summed E-state index contributed by atoms with van der Waals surface area (Å²) in [6, 6.07) is 15.9. The Labute approximate surface area is 152 Å². The molecule has 0 aromatic heterocycles. The van der Waals surface area contributed by atoms with Crippen molar-refractivity contribution in [2.24, 2.45) is 0 Å². The van der Waals surface area contributed by atoms with Crippen LogP contribution in [0.25, 0.3) is 0 Å². The van der Waals surface area contributed by atoms with Crippen molar-refractivity contribution >= 4 is 23.4 Å². The highest BCUT2D eigenvalue weighted by Crippen LogP contribution is 2.16. The molecule has 0 saturated heterocycles. The van der Waals surface area contributed by atoms with E-state index < -0.39 is 6.04 Å². The van der Waals surface area contributed by atoms with Crippen molar-refractivity contribution in [2.75, 3.05) is 13.6 Å². The molecule has 0 spiro atoms. The molecule has 2 atom stereocenters. The van der Waals surface area contributed by atoms with Gasteiger partial charge in [0.05, 0.1) is 6.54 Å². The SMILES string of the molecule is CNC(=O)C(NC(=O)CNC(C)c1ccc(Cl)cc1)c1ccccc1. The Morgan fingerprint density at radius 3 is 2.24 bits per heavy atom. The number of rotatable bonds is 7. The van der Waals surface area contributed by atoms with Gasteiger partial charge in [0.25, 0.3) is 0 Å². The highest BCUT2D eigenvalue weighted by Gasteiger charge is 2.21. The molecular formula is C19H22ClN3O2. The molecule has 2 aromatic rings. The summed E-state index contributed by atoms with van der Waals surface area (Å²) in [5.41, 5.74) is 1.77. The van der Waals surface area contributed by atoms with E-state index in [1.54, 1.807) is 7.05 Å². The largest absolute Gasteiger partial charge is 0.357 e. The Balaban J connectivity index is 1.95. The van der Waals surface area contributed by atoms with Gasteiger partial charge in [-0.15, -0.1) is 0 Å². The molecule has 0 radical (unpaired) electrons. The molecule has 132 valence electrons. The van der Waals surface area contributed by atoms with Gasteiger partial charge in [-0.3, -0.25) is 9.59 Å². The zero-order valence-electron chi connectivity index (χ0n) is 14.3. The quantitative estimate of drug-likeness (QED) is 0.711. The Kier molecular flexibility index (Phi) is 6.98. The third-order valence-electron chi connectivity index (χ3n) is 3.89. The topological polar surface area (TPSA) is 70.2 Å². The van der Waals surface area contributed by atoms with E-state index in [0.29, 0.717) is 5.02 Å². The van der Waals surface area contributed by atoms with E-state index in [4.69, 9.17) is 11.6 Å². The summed E-state index contributed by atoms with van der Waals surface area (Å²) in [4.78, 5) is 24.3. The van der Waals surface area contributed by atoms with Crippen molar-refractivity contribution in [3.63, 3.8) is 0 Å². The molecule has 0 aliphatic carbocycles. The maximum absolute atomic E-state index is 12.3. The van der Waals surface area contributed by atoms with Crippen molar-refractivity contribution in [1.29, 1.82) is 0 Å². The Bertz CT molecular complexity index is 704. The van der Waals surface area contributed by atoms with Crippen molar-refractivity contribution in [1.82, 2.24) is 16.0 Å². The lowest BCUT2D eigenvalue weighted by Gasteiger charge is -2.19. The van der Waals surface area contributed by atoms with Gasteiger partial charge >= 0.3 is 0 Å². The number of halogens is 1. The lowest BCUT2D eigenvalue weighted by atomic mass is 10.1. The number of hydrogen-bond acceptors (Lipinski definition) is 3. The van der Waals surface area contributed by atoms with Gasteiger partial charge in [-0.25, -0.2) is 0 Å². The van der Waals surface area contributed by atoms with E-state index in [2.05, 4.69) is 16.0 Å². The predicted molar refractivity (Wildman–Crippen MR) is 99.3 cm³/mol. The molecular weight excluding hydrogens is 338 g/mol. The number of likely N-dealkylation sites (N-methyl/N-ethyl adjacent to an activating group) is 1. The second-order valence-corrected chi connectivity index (χ2v) is 6.12. The van der Waals surface area contributed by atoms with Crippen LogP contribution in [0, 0.1) is 0 Å². The summed E-state index contributed by atoms with van der Waals surface area (Å²) in [5.74, 6) is -0.511. The molecule has 0 aliphatic rings. The fraction of sp³-hybridized carbons (Fsp3) is 0.263. The highest BCUT2D eigenvalue weighted by molar-refractivity contribution is 6.30. The third kappa shape index (κ3) is 5.59. The standard InChI is InChI=1S/C19H22ClN3O2/c1-13(14-8-10-16(20)11-9-14)22-12-17(24)23-18(19(25)21-2)15-6-4-3-5-7-15/h3-11,13,18,22H,12H2,1-2H3,(H,21,25)(H,23,24). The summed E-state index contributed by atoms with van der Waals surface area (Å²) in [6.07, 6.45) is 0. The van der Waals surface area contributed by atoms with Crippen LogP contribution in [0.15, 0.2) is 54.6 Å². The van der Waals surface area contributed by atoms with E-state index in [1.165, 1.54) is 0 Å². The zero-order valence-corrected chi connectivity index (χ0v) is 15.0. The molecule has 25 heavy (non-hydrogen) atoms. The van der Waals surface area contributed by atoms with Gasteiger partial charge in [0.15, 0.2) is 0 Å². The van der Waals surface area contributed by atoms with Crippen LogP contribution in [0.2, 0.25) is 5.02 Å². The van der Waals surface area contributed by atoms with Crippen molar-refractivity contribution in [3.05, 3.63) is 70.7 Å². The molecule has 0 aliphatic heterocycles. The van der Waals surface area contributed by atoms with E-state index in [9.17, 15) is 9.59 Å². The summed E-state index contributed by atoms with van der Waals surface area (Å²) in [6.45, 7) is 2.06. The Morgan fingerprint density at radius 2 is 1.64 bits per heavy atom. The highest BCUT2D eigenvalue weighted by atomic mass is 35.5. The fourth-order valence-corrected chi connectivity index (χ4v) is 2.54. The van der Waals surface area contributed by atoms with Crippen LogP contribution in [0.3, 0.4) is 0 Å². The van der Waals surface area contributed by atoms with Crippen LogP contribution in [-0.2, 0) is 9.59 Å². The molecule has 2 unspecified atom stereocenters. The Hall–Kier alpha value is -2.37. The number of amides is 2. The summed E-state index contributed by atoms with van der Waals surface area (Å²) >= 11 is 5.88. The van der Waals surface area contributed by atoms with Gasteiger partial charge in [0, 0.05) is 18.1 Å². The first-order chi connectivity index (χ1) is 12.0. The van der Waals surface area contributed by atoms with Crippen LogP contribution in [0.5, 0.6) is 0 Å². The normalized spacial score (nSPS) is 12.9. The van der Waals surface area contributed by atoms with E-state index in [0.717, 1.165) is 11.1 Å². The van der Waals surface area contributed by atoms with Crippen molar-refractivity contribution < 1.29 is 9.59 Å². The molecule has 0 fully saturated rings. The van der Waals surface area contributed by atoms with Gasteiger partial charge < -0.3 is 16.0 Å². The number of hydrogen-bond donors (Lipinski definition) is 3. The molecule has 2 rings (SSSR count). The maximum Gasteiger partial charge on any atom is 0.246 e. The summed E-state index contributed by atoms with van der Waals surface area (Å²) < 4.78 is 0. The molecule has 0 saturated carbocycles. The van der Waals surface area contributed by atoms with E-state index in [1.807, 2.05) is 61.5 Å².